The summed E-state index contributed by atoms with van der Waals surface area (Å²) < 4.78 is 26.6. The van der Waals surface area contributed by atoms with Gasteiger partial charge in [-0.2, -0.15) is 0 Å². The molecule has 3 amide bonds. The Morgan fingerprint density at radius 1 is 1.35 bits per heavy atom. The summed E-state index contributed by atoms with van der Waals surface area (Å²) >= 11 is 0. The summed E-state index contributed by atoms with van der Waals surface area (Å²) in [5.41, 5.74) is -1.37. The Labute approximate surface area is 114 Å². The van der Waals surface area contributed by atoms with Gasteiger partial charge < -0.3 is 10.4 Å². The van der Waals surface area contributed by atoms with Gasteiger partial charge in [-0.05, 0) is 32.0 Å². The van der Waals surface area contributed by atoms with Crippen LogP contribution >= 0.6 is 0 Å². The summed E-state index contributed by atoms with van der Waals surface area (Å²) in [5.74, 6) is -2.04. The zero-order valence-electron chi connectivity index (χ0n) is 11.0. The minimum atomic E-state index is -1.49. The van der Waals surface area contributed by atoms with Crippen molar-refractivity contribution in [3.63, 3.8) is 0 Å². The highest BCUT2D eigenvalue weighted by Gasteiger charge is 2.44. The molecule has 1 unspecified atom stereocenters. The number of hydrogen-bond acceptors (Lipinski definition) is 3. The highest BCUT2D eigenvalue weighted by atomic mass is 19.1. The van der Waals surface area contributed by atoms with Crippen molar-refractivity contribution in [1.82, 2.24) is 10.2 Å². The number of nitrogens with zero attached hydrogens (tertiary/aromatic N) is 1. The Hall–Kier alpha value is -2.02. The highest BCUT2D eigenvalue weighted by molar-refractivity contribution is 6.06. The summed E-state index contributed by atoms with van der Waals surface area (Å²) in [6.45, 7) is 2.60. The Bertz CT molecular complexity index is 575. The zero-order valence-corrected chi connectivity index (χ0v) is 11.0. The van der Waals surface area contributed by atoms with Gasteiger partial charge in [0.25, 0.3) is 5.91 Å². The lowest BCUT2D eigenvalue weighted by Gasteiger charge is -2.19. The molecule has 1 aliphatic heterocycles. The number of nitrogens with one attached hydrogen (secondary N) is 1. The second kappa shape index (κ2) is 4.82. The van der Waals surface area contributed by atoms with Crippen molar-refractivity contribution < 1.29 is 23.5 Å². The van der Waals surface area contributed by atoms with Crippen LogP contribution in [0.2, 0.25) is 0 Å². The maximum absolute atomic E-state index is 13.5. The number of aliphatic hydroxyl groups excluding tert-OH is 1. The fraction of sp³-hybridized carbons (Fsp3) is 0.385. The molecule has 108 valence electrons. The normalized spacial score (nSPS) is 19.1. The van der Waals surface area contributed by atoms with E-state index in [9.17, 15) is 23.5 Å². The molecule has 0 radical (unpaired) electrons. The highest BCUT2D eigenvalue weighted by Crippen LogP contribution is 2.23. The SMILES string of the molecule is CC1(C)NC(=O)N(CC(O)c2cc(F)ccc2F)C1=O. The summed E-state index contributed by atoms with van der Waals surface area (Å²) in [7, 11) is 0. The number of imide groups is 1. The molecule has 2 N–H and O–H groups in total. The number of rotatable bonds is 3. The van der Waals surface area contributed by atoms with E-state index in [2.05, 4.69) is 5.32 Å². The van der Waals surface area contributed by atoms with Gasteiger partial charge >= 0.3 is 6.03 Å². The predicted octanol–water partition coefficient (Wildman–Crippen LogP) is 1.33. The Kier molecular flexibility index (Phi) is 3.47. The summed E-state index contributed by atoms with van der Waals surface area (Å²) in [4.78, 5) is 24.3. The predicted molar refractivity (Wildman–Crippen MR) is 65.6 cm³/mol. The van der Waals surface area contributed by atoms with Crippen molar-refractivity contribution in [2.24, 2.45) is 0 Å². The molecule has 0 spiro atoms. The van der Waals surface area contributed by atoms with E-state index in [1.54, 1.807) is 0 Å². The van der Waals surface area contributed by atoms with Crippen LogP contribution in [0.4, 0.5) is 13.6 Å². The minimum absolute atomic E-state index is 0.296. The maximum Gasteiger partial charge on any atom is 0.325 e. The molecule has 1 aromatic rings. The Balaban J connectivity index is 2.20. The molecule has 0 bridgehead atoms. The van der Waals surface area contributed by atoms with Crippen molar-refractivity contribution >= 4 is 11.9 Å². The first kappa shape index (κ1) is 14.4. The van der Waals surface area contributed by atoms with E-state index in [-0.39, 0.29) is 5.56 Å². The van der Waals surface area contributed by atoms with E-state index in [1.165, 1.54) is 13.8 Å². The number of carbonyl (C=O) groups excluding carboxylic acids is 2. The van der Waals surface area contributed by atoms with E-state index in [0.29, 0.717) is 0 Å². The van der Waals surface area contributed by atoms with Gasteiger partial charge in [0.2, 0.25) is 0 Å². The number of urea groups is 1. The molecule has 7 heteroatoms. The number of halogens is 2. The van der Waals surface area contributed by atoms with Crippen LogP contribution in [-0.4, -0.2) is 34.0 Å². The van der Waals surface area contributed by atoms with Crippen LogP contribution in [0.25, 0.3) is 0 Å². The monoisotopic (exact) mass is 284 g/mol. The largest absolute Gasteiger partial charge is 0.386 e. The van der Waals surface area contributed by atoms with Crippen LogP contribution in [0, 0.1) is 11.6 Å². The van der Waals surface area contributed by atoms with Crippen molar-refractivity contribution in [3.8, 4) is 0 Å². The third-order valence-electron chi connectivity index (χ3n) is 3.12. The fourth-order valence-electron chi connectivity index (χ4n) is 2.02. The lowest BCUT2D eigenvalue weighted by molar-refractivity contribution is -0.131. The third-order valence-corrected chi connectivity index (χ3v) is 3.12. The lowest BCUT2D eigenvalue weighted by Crippen LogP contribution is -2.40. The van der Waals surface area contributed by atoms with Crippen LogP contribution < -0.4 is 5.32 Å². The molecule has 1 aromatic carbocycles. The molecule has 1 aliphatic rings. The molecule has 0 saturated carbocycles. The first-order valence-corrected chi connectivity index (χ1v) is 5.99. The second-order valence-electron chi connectivity index (χ2n) is 5.15. The quantitative estimate of drug-likeness (QED) is 0.823. The molecule has 1 fully saturated rings. The molecule has 1 atom stereocenters. The molecule has 5 nitrogen and oxygen atoms in total. The third kappa shape index (κ3) is 2.49. The first-order chi connectivity index (χ1) is 9.22. The van der Waals surface area contributed by atoms with Crippen LogP contribution in [-0.2, 0) is 4.79 Å². The average Bonchev–Trinajstić information content (AvgIpc) is 2.54. The molecule has 1 saturated heterocycles. The van der Waals surface area contributed by atoms with Crippen molar-refractivity contribution in [1.29, 1.82) is 0 Å². The summed E-state index contributed by atoms with van der Waals surface area (Å²) in [6, 6.07) is 1.96. The number of β-amino-alcohol motifs (C(OH)–C–C–N with tert-alkyl or cyclic N) is 1. The molecule has 2 rings (SSSR count). The summed E-state index contributed by atoms with van der Waals surface area (Å²) in [6.07, 6.45) is -1.49. The van der Waals surface area contributed by atoms with Gasteiger partial charge in [0, 0.05) is 5.56 Å². The minimum Gasteiger partial charge on any atom is -0.386 e. The molecule has 1 heterocycles. The van der Waals surface area contributed by atoms with E-state index < -0.39 is 41.8 Å². The lowest BCUT2D eigenvalue weighted by atomic mass is 10.1. The number of amides is 3. The Morgan fingerprint density at radius 2 is 2.00 bits per heavy atom. The zero-order chi connectivity index (χ0) is 15.1. The van der Waals surface area contributed by atoms with Gasteiger partial charge in [-0.3, -0.25) is 9.69 Å². The topological polar surface area (TPSA) is 69.6 Å². The van der Waals surface area contributed by atoms with Crippen LogP contribution in [0.15, 0.2) is 18.2 Å². The van der Waals surface area contributed by atoms with Gasteiger partial charge in [0.1, 0.15) is 23.3 Å². The van der Waals surface area contributed by atoms with Gasteiger partial charge in [0.15, 0.2) is 0 Å². The van der Waals surface area contributed by atoms with E-state index in [0.717, 1.165) is 23.1 Å². The number of benzene rings is 1. The van der Waals surface area contributed by atoms with Gasteiger partial charge in [0.05, 0.1) is 6.54 Å². The molecule has 0 aliphatic carbocycles. The smallest absolute Gasteiger partial charge is 0.325 e. The van der Waals surface area contributed by atoms with Crippen molar-refractivity contribution in [2.75, 3.05) is 6.54 Å². The van der Waals surface area contributed by atoms with Gasteiger partial charge in [-0.1, -0.05) is 0 Å². The Morgan fingerprint density at radius 3 is 2.55 bits per heavy atom. The van der Waals surface area contributed by atoms with Crippen LogP contribution in [0.5, 0.6) is 0 Å². The average molecular weight is 284 g/mol. The first-order valence-electron chi connectivity index (χ1n) is 5.99. The molecular weight excluding hydrogens is 270 g/mol. The van der Waals surface area contributed by atoms with Crippen molar-refractivity contribution in [3.05, 3.63) is 35.4 Å². The number of carbonyl (C=O) groups is 2. The molecule has 20 heavy (non-hydrogen) atoms. The van der Waals surface area contributed by atoms with Gasteiger partial charge in [-0.15, -0.1) is 0 Å². The molecular formula is C13H14F2N2O3. The van der Waals surface area contributed by atoms with Crippen LogP contribution in [0.3, 0.4) is 0 Å². The number of aliphatic hydroxyl groups is 1. The summed E-state index contributed by atoms with van der Waals surface area (Å²) in [5, 5.41) is 12.3. The maximum atomic E-state index is 13.5. The number of hydrogen-bond donors (Lipinski definition) is 2. The standard InChI is InChI=1S/C13H14F2N2O3/c1-13(2)11(19)17(12(20)16-13)6-10(18)8-5-7(14)3-4-9(8)15/h3-5,10,18H,6H2,1-2H3,(H,16,20). The van der Waals surface area contributed by atoms with E-state index in [4.69, 9.17) is 0 Å². The molecule has 0 aromatic heterocycles. The van der Waals surface area contributed by atoms with Gasteiger partial charge in [-0.25, -0.2) is 13.6 Å². The fourth-order valence-corrected chi connectivity index (χ4v) is 2.02. The van der Waals surface area contributed by atoms with E-state index in [1.807, 2.05) is 0 Å². The van der Waals surface area contributed by atoms with Crippen molar-refractivity contribution in [2.45, 2.75) is 25.5 Å². The van der Waals surface area contributed by atoms with E-state index >= 15 is 0 Å². The van der Waals surface area contributed by atoms with Crippen LogP contribution in [0.1, 0.15) is 25.5 Å². The second-order valence-corrected chi connectivity index (χ2v) is 5.15.